The minimum atomic E-state index is -3.87. The maximum absolute atomic E-state index is 12.1. The Labute approximate surface area is 108 Å². The van der Waals surface area contributed by atoms with Crippen molar-refractivity contribution >= 4 is 25.5 Å². The summed E-state index contributed by atoms with van der Waals surface area (Å²) in [5.41, 5.74) is 1.90. The lowest BCUT2D eigenvalue weighted by atomic mass is 10.1. The zero-order valence-corrected chi connectivity index (χ0v) is 11.2. The fraction of sp³-hybridized carbons (Fsp3) is 0.200. The van der Waals surface area contributed by atoms with Gasteiger partial charge in [-0.1, -0.05) is 0 Å². The number of aromatic amines is 2. The van der Waals surface area contributed by atoms with Gasteiger partial charge >= 0.3 is 0 Å². The van der Waals surface area contributed by atoms with Gasteiger partial charge in [-0.3, -0.25) is 9.89 Å². The molecule has 2 N–H and O–H groups in total. The van der Waals surface area contributed by atoms with Crippen molar-refractivity contribution in [3.63, 3.8) is 0 Å². The first-order chi connectivity index (χ1) is 8.30. The number of carbonyl (C=O) groups is 1. The maximum atomic E-state index is 12.1. The normalized spacial score (nSPS) is 11.7. The molecule has 6 nitrogen and oxygen atoms in total. The van der Waals surface area contributed by atoms with E-state index in [9.17, 15) is 13.2 Å². The fourth-order valence-electron chi connectivity index (χ4n) is 1.48. The molecule has 2 heterocycles. The van der Waals surface area contributed by atoms with Crippen molar-refractivity contribution in [3.8, 4) is 0 Å². The van der Waals surface area contributed by atoms with Crippen molar-refractivity contribution in [2.75, 3.05) is 0 Å². The van der Waals surface area contributed by atoms with Gasteiger partial charge in [-0.05, 0) is 26.0 Å². The summed E-state index contributed by atoms with van der Waals surface area (Å²) in [7, 11) is 1.30. The number of nitrogens with zero attached hydrogens (tertiary/aromatic N) is 1. The molecular weight excluding hydrogens is 278 g/mol. The quantitative estimate of drug-likeness (QED) is 0.661. The minimum absolute atomic E-state index is 0.129. The summed E-state index contributed by atoms with van der Waals surface area (Å²) in [4.78, 5) is 14.5. The second-order valence-electron chi connectivity index (χ2n) is 3.83. The Kier molecular flexibility index (Phi) is 3.04. The van der Waals surface area contributed by atoms with Crippen LogP contribution in [0.5, 0.6) is 0 Å². The van der Waals surface area contributed by atoms with Crippen LogP contribution in [0.2, 0.25) is 0 Å². The largest absolute Gasteiger partial charge is 0.342 e. The van der Waals surface area contributed by atoms with Crippen LogP contribution in [0, 0.1) is 13.8 Å². The van der Waals surface area contributed by atoms with Gasteiger partial charge in [0, 0.05) is 21.9 Å². The van der Waals surface area contributed by atoms with Crippen LogP contribution >= 0.6 is 10.7 Å². The van der Waals surface area contributed by atoms with Crippen LogP contribution < -0.4 is 0 Å². The molecule has 0 amide bonds. The van der Waals surface area contributed by atoms with Gasteiger partial charge in [0.25, 0.3) is 9.05 Å². The summed E-state index contributed by atoms with van der Waals surface area (Å²) in [5, 5.41) is 6.37. The van der Waals surface area contributed by atoms with E-state index in [2.05, 4.69) is 15.2 Å². The van der Waals surface area contributed by atoms with E-state index in [0.717, 1.165) is 11.3 Å². The monoisotopic (exact) mass is 287 g/mol. The van der Waals surface area contributed by atoms with E-state index in [-0.39, 0.29) is 22.2 Å². The van der Waals surface area contributed by atoms with Gasteiger partial charge < -0.3 is 4.98 Å². The molecule has 8 heteroatoms. The molecule has 0 aliphatic carbocycles. The Hall–Kier alpha value is -1.60. The van der Waals surface area contributed by atoms with E-state index in [0.29, 0.717) is 0 Å². The molecule has 2 rings (SSSR count). The lowest BCUT2D eigenvalue weighted by molar-refractivity contribution is 0.102. The molecule has 96 valence electrons. The number of hydrogen-bond donors (Lipinski definition) is 2. The van der Waals surface area contributed by atoms with Crippen molar-refractivity contribution < 1.29 is 13.2 Å². The van der Waals surface area contributed by atoms with Crippen LogP contribution in [0.1, 0.15) is 27.4 Å². The van der Waals surface area contributed by atoms with Crippen molar-refractivity contribution in [3.05, 3.63) is 34.8 Å². The molecule has 0 aliphatic heterocycles. The first-order valence-electron chi connectivity index (χ1n) is 5.00. The highest BCUT2D eigenvalue weighted by Crippen LogP contribution is 2.17. The smallest absolute Gasteiger partial charge is 0.276 e. The predicted octanol–water partition coefficient (Wildman–Crippen LogP) is 1.51. The predicted molar refractivity (Wildman–Crippen MR) is 65.3 cm³/mol. The zero-order valence-electron chi connectivity index (χ0n) is 9.61. The number of rotatable bonds is 3. The minimum Gasteiger partial charge on any atom is -0.342 e. The SMILES string of the molecule is Cc1[nH]nc(C(=O)c2ccc(S(=O)(=O)Cl)[nH]2)c1C. The number of ketones is 1. The maximum Gasteiger partial charge on any atom is 0.276 e. The number of aromatic nitrogens is 3. The molecule has 0 bridgehead atoms. The molecule has 0 spiro atoms. The van der Waals surface area contributed by atoms with E-state index in [1.807, 2.05) is 0 Å². The molecule has 0 aliphatic rings. The zero-order chi connectivity index (χ0) is 13.5. The van der Waals surface area contributed by atoms with Gasteiger partial charge in [-0.15, -0.1) is 0 Å². The van der Waals surface area contributed by atoms with Gasteiger partial charge in [0.1, 0.15) is 10.7 Å². The van der Waals surface area contributed by atoms with Gasteiger partial charge in [0.05, 0.1) is 5.69 Å². The topological polar surface area (TPSA) is 95.7 Å². The molecule has 2 aromatic rings. The van der Waals surface area contributed by atoms with Crippen LogP contribution in [0.3, 0.4) is 0 Å². The second-order valence-corrected chi connectivity index (χ2v) is 6.36. The van der Waals surface area contributed by atoms with Crippen LogP contribution in [-0.2, 0) is 9.05 Å². The molecule has 0 saturated heterocycles. The van der Waals surface area contributed by atoms with Crippen LogP contribution in [0.15, 0.2) is 17.2 Å². The van der Waals surface area contributed by atoms with Crippen molar-refractivity contribution in [2.45, 2.75) is 18.9 Å². The second kappa shape index (κ2) is 4.25. The first kappa shape index (κ1) is 12.8. The summed E-state index contributed by atoms with van der Waals surface area (Å²) in [6.45, 7) is 3.55. The highest BCUT2D eigenvalue weighted by atomic mass is 35.7. The number of aryl methyl sites for hydroxylation is 1. The van der Waals surface area contributed by atoms with E-state index in [4.69, 9.17) is 10.7 Å². The van der Waals surface area contributed by atoms with Crippen molar-refractivity contribution in [2.24, 2.45) is 0 Å². The number of hydrogen-bond acceptors (Lipinski definition) is 4. The third kappa shape index (κ3) is 2.19. The Morgan fingerprint density at radius 3 is 2.44 bits per heavy atom. The van der Waals surface area contributed by atoms with Crippen molar-refractivity contribution in [1.29, 1.82) is 0 Å². The third-order valence-electron chi connectivity index (χ3n) is 2.63. The number of nitrogens with one attached hydrogen (secondary N) is 2. The van der Waals surface area contributed by atoms with Gasteiger partial charge in [0.2, 0.25) is 5.78 Å². The first-order valence-corrected chi connectivity index (χ1v) is 7.31. The molecule has 2 aromatic heterocycles. The highest BCUT2D eigenvalue weighted by Gasteiger charge is 2.20. The van der Waals surface area contributed by atoms with E-state index in [1.165, 1.54) is 12.1 Å². The summed E-state index contributed by atoms with van der Waals surface area (Å²) < 4.78 is 22.2. The number of carbonyl (C=O) groups excluding carboxylic acids is 1. The summed E-state index contributed by atoms with van der Waals surface area (Å²) in [6, 6.07) is 2.60. The Morgan fingerprint density at radius 2 is 2.00 bits per heavy atom. The average Bonchev–Trinajstić information content (AvgIpc) is 2.86. The fourth-order valence-corrected chi connectivity index (χ4v) is 2.22. The standard InChI is InChI=1S/C10H10ClN3O3S/c1-5-6(2)13-14-9(5)10(15)7-3-4-8(12-7)18(11,16)17/h3-4,12H,1-2H3,(H,13,14). The van der Waals surface area contributed by atoms with Crippen LogP contribution in [0.4, 0.5) is 0 Å². The molecule has 0 unspecified atom stereocenters. The summed E-state index contributed by atoms with van der Waals surface area (Å²) >= 11 is 0. The molecule has 0 radical (unpaired) electrons. The van der Waals surface area contributed by atoms with Crippen LogP contribution in [-0.4, -0.2) is 29.4 Å². The highest BCUT2D eigenvalue weighted by molar-refractivity contribution is 8.13. The molecule has 0 saturated carbocycles. The molecule has 18 heavy (non-hydrogen) atoms. The summed E-state index contributed by atoms with van der Waals surface area (Å²) in [5.74, 6) is -0.386. The number of H-pyrrole nitrogens is 2. The molecular formula is C10H10ClN3O3S. The molecule has 0 aromatic carbocycles. The van der Waals surface area contributed by atoms with Crippen molar-refractivity contribution in [1.82, 2.24) is 15.2 Å². The lowest BCUT2D eigenvalue weighted by Crippen LogP contribution is -2.05. The van der Waals surface area contributed by atoms with E-state index in [1.54, 1.807) is 13.8 Å². The van der Waals surface area contributed by atoms with Gasteiger partial charge in [0.15, 0.2) is 0 Å². The Balaban J connectivity index is 2.42. The lowest BCUT2D eigenvalue weighted by Gasteiger charge is -1.96. The van der Waals surface area contributed by atoms with Gasteiger partial charge in [-0.25, -0.2) is 8.42 Å². The molecule has 0 atom stereocenters. The Bertz CT molecular complexity index is 715. The summed E-state index contributed by atoms with van der Waals surface area (Å²) in [6.07, 6.45) is 0. The Morgan fingerprint density at radius 1 is 1.33 bits per heavy atom. The number of halogens is 1. The average molecular weight is 288 g/mol. The van der Waals surface area contributed by atoms with E-state index < -0.39 is 9.05 Å². The van der Waals surface area contributed by atoms with Gasteiger partial charge in [-0.2, -0.15) is 5.10 Å². The third-order valence-corrected chi connectivity index (χ3v) is 3.90. The van der Waals surface area contributed by atoms with Crippen LogP contribution in [0.25, 0.3) is 0 Å². The molecule has 0 fully saturated rings. The van der Waals surface area contributed by atoms with E-state index >= 15 is 0 Å².